The number of rotatable bonds is 7. The Morgan fingerprint density at radius 1 is 1.07 bits per heavy atom. The van der Waals surface area contributed by atoms with Crippen LogP contribution in [0.3, 0.4) is 0 Å². The van der Waals surface area contributed by atoms with E-state index in [1.54, 1.807) is 42.0 Å². The van der Waals surface area contributed by atoms with Gasteiger partial charge in [0.1, 0.15) is 6.34 Å². The van der Waals surface area contributed by atoms with Gasteiger partial charge in [-0.05, 0) is 57.5 Å². The van der Waals surface area contributed by atoms with E-state index in [1.807, 2.05) is 45.9 Å². The standard InChI is InChI=1S/C19H24ClN3O2S2/c1-14(2)23(27(24,25)17-9-6-15(3)7-10-17)26-22(5)13-21-19-11-8-16(4)12-18(19)20/h6-14H,1-5H3. The summed E-state index contributed by atoms with van der Waals surface area (Å²) in [7, 11) is -1.90. The van der Waals surface area contributed by atoms with Gasteiger partial charge in [0.2, 0.25) is 0 Å². The Balaban J connectivity index is 2.19. The molecule has 5 nitrogen and oxygen atoms in total. The summed E-state index contributed by atoms with van der Waals surface area (Å²) in [4.78, 5) is 4.62. The number of halogens is 1. The highest BCUT2D eigenvalue weighted by Gasteiger charge is 2.29. The lowest BCUT2D eigenvalue weighted by atomic mass is 10.2. The summed E-state index contributed by atoms with van der Waals surface area (Å²) in [6, 6.07) is 12.2. The van der Waals surface area contributed by atoms with Gasteiger partial charge in [0.15, 0.2) is 0 Å². The zero-order valence-corrected chi connectivity index (χ0v) is 18.4. The average molecular weight is 426 g/mol. The van der Waals surface area contributed by atoms with Crippen LogP contribution >= 0.6 is 23.7 Å². The molecule has 0 aliphatic rings. The second-order valence-electron chi connectivity index (χ2n) is 6.49. The molecular formula is C19H24ClN3O2S2. The van der Waals surface area contributed by atoms with Gasteiger partial charge in [-0.2, -0.15) is 0 Å². The zero-order valence-electron chi connectivity index (χ0n) is 16.0. The number of hydrogen-bond acceptors (Lipinski definition) is 4. The maximum Gasteiger partial charge on any atom is 0.253 e. The molecule has 0 spiro atoms. The first-order chi connectivity index (χ1) is 12.6. The highest BCUT2D eigenvalue weighted by atomic mass is 35.5. The van der Waals surface area contributed by atoms with Gasteiger partial charge in [-0.1, -0.05) is 35.4 Å². The van der Waals surface area contributed by atoms with E-state index >= 15 is 0 Å². The van der Waals surface area contributed by atoms with E-state index in [0.29, 0.717) is 10.7 Å². The molecule has 146 valence electrons. The number of hydrogen-bond donors (Lipinski definition) is 0. The highest BCUT2D eigenvalue weighted by Crippen LogP contribution is 2.29. The Bertz CT molecular complexity index is 913. The maximum atomic E-state index is 13.0. The highest BCUT2D eigenvalue weighted by molar-refractivity contribution is 8.07. The van der Waals surface area contributed by atoms with Gasteiger partial charge in [0, 0.05) is 13.1 Å². The second-order valence-corrected chi connectivity index (χ2v) is 10.1. The van der Waals surface area contributed by atoms with E-state index in [0.717, 1.165) is 23.3 Å². The molecule has 0 atom stereocenters. The van der Waals surface area contributed by atoms with Crippen LogP contribution in [0.1, 0.15) is 25.0 Å². The van der Waals surface area contributed by atoms with Gasteiger partial charge in [-0.15, -0.1) is 3.71 Å². The Morgan fingerprint density at radius 3 is 2.22 bits per heavy atom. The molecule has 8 heteroatoms. The summed E-state index contributed by atoms with van der Waals surface area (Å²) in [5, 5.41) is 0.553. The summed E-state index contributed by atoms with van der Waals surface area (Å²) in [5.74, 6) is 0. The largest absolute Gasteiger partial charge is 0.296 e. The third kappa shape index (κ3) is 5.72. The summed E-state index contributed by atoms with van der Waals surface area (Å²) in [6.45, 7) is 7.55. The van der Waals surface area contributed by atoms with Gasteiger partial charge in [0.25, 0.3) is 10.0 Å². The molecule has 0 N–H and O–H groups in total. The van der Waals surface area contributed by atoms with Gasteiger partial charge in [-0.3, -0.25) is 4.31 Å². The van der Waals surface area contributed by atoms with Crippen molar-refractivity contribution in [2.24, 2.45) is 4.99 Å². The lowest BCUT2D eigenvalue weighted by Gasteiger charge is -2.27. The van der Waals surface area contributed by atoms with Crippen LogP contribution < -0.4 is 0 Å². The van der Waals surface area contributed by atoms with Crippen LogP contribution in [0.4, 0.5) is 5.69 Å². The number of benzene rings is 2. The topological polar surface area (TPSA) is 53.0 Å². The fourth-order valence-corrected chi connectivity index (χ4v) is 5.22. The van der Waals surface area contributed by atoms with Crippen molar-refractivity contribution >= 4 is 45.8 Å². The predicted octanol–water partition coefficient (Wildman–Crippen LogP) is 5.21. The van der Waals surface area contributed by atoms with Crippen LogP contribution in [0.5, 0.6) is 0 Å². The Hall–Kier alpha value is -1.54. The van der Waals surface area contributed by atoms with Gasteiger partial charge >= 0.3 is 0 Å². The third-order valence-corrected chi connectivity index (χ3v) is 7.44. The molecule has 0 aliphatic heterocycles. The summed E-state index contributed by atoms with van der Waals surface area (Å²) >= 11 is 7.26. The third-order valence-electron chi connectivity index (χ3n) is 3.65. The van der Waals surface area contributed by atoms with Crippen LogP contribution in [-0.2, 0) is 10.0 Å². The normalized spacial score (nSPS) is 12.3. The number of sulfonamides is 1. The molecule has 0 saturated carbocycles. The quantitative estimate of drug-likeness (QED) is 0.347. The Labute approximate surface area is 171 Å². The van der Waals surface area contributed by atoms with Crippen LogP contribution in [0.15, 0.2) is 52.4 Å². The van der Waals surface area contributed by atoms with E-state index in [-0.39, 0.29) is 10.9 Å². The second kappa shape index (κ2) is 9.10. The smallest absolute Gasteiger partial charge is 0.253 e. The van der Waals surface area contributed by atoms with E-state index in [1.165, 1.54) is 3.71 Å². The van der Waals surface area contributed by atoms with E-state index in [9.17, 15) is 8.42 Å². The molecule has 2 aromatic rings. The molecule has 0 heterocycles. The molecule has 0 aromatic heterocycles. The molecule has 0 bridgehead atoms. The van der Waals surface area contributed by atoms with Gasteiger partial charge < -0.3 is 0 Å². The summed E-state index contributed by atoms with van der Waals surface area (Å²) in [6.07, 6.45) is 1.56. The first-order valence-corrected chi connectivity index (χ1v) is 11.0. The van der Waals surface area contributed by atoms with Crippen molar-refractivity contribution in [2.45, 2.75) is 38.6 Å². The van der Waals surface area contributed by atoms with Crippen LogP contribution in [0.25, 0.3) is 0 Å². The Kier molecular flexibility index (Phi) is 7.33. The lowest BCUT2D eigenvalue weighted by Crippen LogP contribution is -2.34. The molecule has 0 amide bonds. The van der Waals surface area contributed by atoms with E-state index in [4.69, 9.17) is 11.6 Å². The van der Waals surface area contributed by atoms with Crippen molar-refractivity contribution in [3.8, 4) is 0 Å². The van der Waals surface area contributed by atoms with E-state index < -0.39 is 10.0 Å². The molecular weight excluding hydrogens is 402 g/mol. The molecule has 2 rings (SSSR count). The fourth-order valence-electron chi connectivity index (χ4n) is 2.24. The van der Waals surface area contributed by atoms with Gasteiger partial charge in [-0.25, -0.2) is 13.4 Å². The zero-order chi connectivity index (χ0) is 20.2. The van der Waals surface area contributed by atoms with Crippen LogP contribution in [0.2, 0.25) is 5.02 Å². The van der Waals surface area contributed by atoms with Crippen LogP contribution in [-0.4, -0.2) is 35.9 Å². The molecule has 2 aromatic carbocycles. The van der Waals surface area contributed by atoms with Crippen molar-refractivity contribution in [3.63, 3.8) is 0 Å². The number of aliphatic imine (C=N–C) groups is 1. The van der Waals surface area contributed by atoms with Crippen molar-refractivity contribution in [1.29, 1.82) is 0 Å². The first kappa shape index (κ1) is 21.8. The maximum absolute atomic E-state index is 13.0. The van der Waals surface area contributed by atoms with Gasteiger partial charge in [0.05, 0.1) is 27.7 Å². The lowest BCUT2D eigenvalue weighted by molar-refractivity contribution is 0.495. The summed E-state index contributed by atoms with van der Waals surface area (Å²) < 4.78 is 29.0. The van der Waals surface area contributed by atoms with Crippen molar-refractivity contribution < 1.29 is 8.42 Å². The first-order valence-electron chi connectivity index (χ1n) is 8.43. The number of aryl methyl sites for hydroxylation is 2. The van der Waals surface area contributed by atoms with Crippen molar-refractivity contribution in [2.75, 3.05) is 7.05 Å². The fraction of sp³-hybridized carbons (Fsp3) is 0.316. The predicted molar refractivity (Wildman–Crippen MR) is 115 cm³/mol. The molecule has 0 saturated heterocycles. The molecule has 0 aliphatic carbocycles. The molecule has 0 radical (unpaired) electrons. The molecule has 0 fully saturated rings. The minimum atomic E-state index is -3.64. The minimum Gasteiger partial charge on any atom is -0.296 e. The monoisotopic (exact) mass is 425 g/mol. The number of nitrogens with zero attached hydrogens (tertiary/aromatic N) is 3. The van der Waals surface area contributed by atoms with E-state index in [2.05, 4.69) is 4.99 Å². The molecule has 0 unspecified atom stereocenters. The summed E-state index contributed by atoms with van der Waals surface area (Å²) in [5.41, 5.74) is 2.70. The van der Waals surface area contributed by atoms with Crippen molar-refractivity contribution in [3.05, 3.63) is 58.6 Å². The van der Waals surface area contributed by atoms with Crippen molar-refractivity contribution in [1.82, 2.24) is 8.02 Å². The minimum absolute atomic E-state index is 0.236. The Morgan fingerprint density at radius 2 is 1.67 bits per heavy atom. The van der Waals surface area contributed by atoms with Crippen LogP contribution in [0, 0.1) is 13.8 Å². The molecule has 27 heavy (non-hydrogen) atoms. The average Bonchev–Trinajstić information content (AvgIpc) is 2.59. The SMILES string of the molecule is Cc1ccc(S(=O)(=O)N(SN(C)C=Nc2ccc(C)cc2Cl)C(C)C)cc1.